The fraction of sp³-hybridized carbons (Fsp3) is 0.600. The van der Waals surface area contributed by atoms with Gasteiger partial charge in [0.15, 0.2) is 0 Å². The summed E-state index contributed by atoms with van der Waals surface area (Å²) in [6.45, 7) is 1.85. The molecule has 1 aromatic rings. The molecule has 0 saturated heterocycles. The number of hydrazine groups is 1. The Morgan fingerprint density at radius 3 is 2.33 bits per heavy atom. The van der Waals surface area contributed by atoms with Crippen LogP contribution in [0.25, 0.3) is 0 Å². The van der Waals surface area contributed by atoms with Gasteiger partial charge in [0.05, 0.1) is 5.92 Å². The van der Waals surface area contributed by atoms with Crippen LogP contribution >= 0.6 is 0 Å². The Kier molecular flexibility index (Phi) is 4.88. The van der Waals surface area contributed by atoms with E-state index in [9.17, 15) is 17.6 Å². The van der Waals surface area contributed by atoms with Gasteiger partial charge in [0, 0.05) is 6.04 Å². The first kappa shape index (κ1) is 16.2. The van der Waals surface area contributed by atoms with Crippen LogP contribution in [-0.4, -0.2) is 6.18 Å². The maximum absolute atomic E-state index is 13.4. The summed E-state index contributed by atoms with van der Waals surface area (Å²) in [5, 5.41) is 0. The molecule has 6 heteroatoms. The van der Waals surface area contributed by atoms with Gasteiger partial charge in [-0.2, -0.15) is 13.2 Å². The zero-order valence-electron chi connectivity index (χ0n) is 11.9. The van der Waals surface area contributed by atoms with Gasteiger partial charge in [-0.25, -0.2) is 4.39 Å². The maximum Gasteiger partial charge on any atom is 0.391 e. The van der Waals surface area contributed by atoms with Gasteiger partial charge in [-0.3, -0.25) is 11.3 Å². The van der Waals surface area contributed by atoms with Crippen molar-refractivity contribution < 1.29 is 17.6 Å². The summed E-state index contributed by atoms with van der Waals surface area (Å²) in [7, 11) is 0. The second-order valence-electron chi connectivity index (χ2n) is 5.80. The van der Waals surface area contributed by atoms with Crippen molar-refractivity contribution in [3.8, 4) is 0 Å². The topological polar surface area (TPSA) is 38.0 Å². The van der Waals surface area contributed by atoms with Crippen molar-refractivity contribution in [2.75, 3.05) is 0 Å². The van der Waals surface area contributed by atoms with Crippen molar-refractivity contribution in [2.24, 2.45) is 17.7 Å². The van der Waals surface area contributed by atoms with E-state index in [0.29, 0.717) is 12.8 Å². The van der Waals surface area contributed by atoms with Crippen LogP contribution in [0.1, 0.15) is 42.9 Å². The Bertz CT molecular complexity index is 479. The molecule has 1 unspecified atom stereocenters. The van der Waals surface area contributed by atoms with Crippen molar-refractivity contribution in [1.82, 2.24) is 5.43 Å². The van der Waals surface area contributed by atoms with Gasteiger partial charge in [0.25, 0.3) is 0 Å². The highest BCUT2D eigenvalue weighted by Crippen LogP contribution is 2.43. The third-order valence-electron chi connectivity index (χ3n) is 4.46. The van der Waals surface area contributed by atoms with Gasteiger partial charge in [-0.05, 0) is 61.8 Å². The third kappa shape index (κ3) is 3.74. The SMILES string of the molecule is Cc1ccc(F)cc1C(NN)C1CCC(C(F)(F)F)CC1. The number of nitrogens with two attached hydrogens (primary N) is 1. The minimum absolute atomic E-state index is 0.00546. The van der Waals surface area contributed by atoms with Gasteiger partial charge >= 0.3 is 6.18 Å². The van der Waals surface area contributed by atoms with Crippen molar-refractivity contribution in [1.29, 1.82) is 0 Å². The molecule has 2 rings (SSSR count). The van der Waals surface area contributed by atoms with E-state index in [1.165, 1.54) is 12.1 Å². The Balaban J connectivity index is 2.11. The molecule has 21 heavy (non-hydrogen) atoms. The molecule has 0 aromatic heterocycles. The quantitative estimate of drug-likeness (QED) is 0.503. The summed E-state index contributed by atoms with van der Waals surface area (Å²) in [5.41, 5.74) is 4.28. The summed E-state index contributed by atoms with van der Waals surface area (Å²) in [4.78, 5) is 0. The first-order valence-electron chi connectivity index (χ1n) is 7.11. The molecule has 1 aromatic carbocycles. The number of nitrogens with one attached hydrogen (secondary N) is 1. The van der Waals surface area contributed by atoms with Gasteiger partial charge in [-0.1, -0.05) is 6.07 Å². The first-order chi connectivity index (χ1) is 9.82. The largest absolute Gasteiger partial charge is 0.391 e. The highest BCUT2D eigenvalue weighted by molar-refractivity contribution is 5.30. The number of aryl methyl sites for hydroxylation is 1. The van der Waals surface area contributed by atoms with E-state index >= 15 is 0 Å². The third-order valence-corrected chi connectivity index (χ3v) is 4.46. The van der Waals surface area contributed by atoms with Crippen LogP contribution in [0.4, 0.5) is 17.6 Å². The van der Waals surface area contributed by atoms with E-state index in [2.05, 4.69) is 5.43 Å². The van der Waals surface area contributed by atoms with Crippen molar-refractivity contribution in [2.45, 2.75) is 44.8 Å². The number of hydrogen-bond acceptors (Lipinski definition) is 2. The molecular formula is C15H20F4N2. The van der Waals surface area contributed by atoms with Crippen LogP contribution < -0.4 is 11.3 Å². The fourth-order valence-corrected chi connectivity index (χ4v) is 3.21. The lowest BCUT2D eigenvalue weighted by Gasteiger charge is -2.35. The van der Waals surface area contributed by atoms with Crippen LogP contribution in [0, 0.1) is 24.6 Å². The molecule has 1 aliphatic rings. The summed E-state index contributed by atoms with van der Waals surface area (Å²) < 4.78 is 51.5. The molecule has 0 aliphatic heterocycles. The lowest BCUT2D eigenvalue weighted by molar-refractivity contribution is -0.184. The van der Waals surface area contributed by atoms with Crippen LogP contribution in [0.2, 0.25) is 0 Å². The zero-order chi connectivity index (χ0) is 15.6. The van der Waals surface area contributed by atoms with E-state index < -0.39 is 12.1 Å². The number of rotatable bonds is 3. The minimum Gasteiger partial charge on any atom is -0.271 e. The highest BCUT2D eigenvalue weighted by atomic mass is 19.4. The molecular weight excluding hydrogens is 284 g/mol. The summed E-state index contributed by atoms with van der Waals surface area (Å²) in [6, 6.07) is 4.13. The van der Waals surface area contributed by atoms with Crippen LogP contribution in [-0.2, 0) is 0 Å². The highest BCUT2D eigenvalue weighted by Gasteiger charge is 2.42. The lowest BCUT2D eigenvalue weighted by atomic mass is 9.76. The maximum atomic E-state index is 13.4. The molecule has 0 bridgehead atoms. The molecule has 1 aliphatic carbocycles. The normalized spacial score (nSPS) is 24.9. The Morgan fingerprint density at radius 2 is 1.81 bits per heavy atom. The van der Waals surface area contributed by atoms with E-state index in [1.54, 1.807) is 6.07 Å². The number of hydrogen-bond donors (Lipinski definition) is 2. The smallest absolute Gasteiger partial charge is 0.271 e. The summed E-state index contributed by atoms with van der Waals surface area (Å²) in [5.74, 6) is 3.99. The molecule has 1 atom stereocenters. The molecule has 0 amide bonds. The van der Waals surface area contributed by atoms with Crippen LogP contribution in [0.3, 0.4) is 0 Å². The monoisotopic (exact) mass is 304 g/mol. The Labute approximate surface area is 121 Å². The lowest BCUT2D eigenvalue weighted by Crippen LogP contribution is -2.37. The molecule has 118 valence electrons. The molecule has 2 nitrogen and oxygen atoms in total. The predicted octanol–water partition coefficient (Wildman–Crippen LogP) is 4.01. The van der Waals surface area contributed by atoms with Gasteiger partial charge in [0.1, 0.15) is 5.82 Å². The van der Waals surface area contributed by atoms with Gasteiger partial charge < -0.3 is 0 Å². The van der Waals surface area contributed by atoms with E-state index in [0.717, 1.165) is 11.1 Å². The average Bonchev–Trinajstić information content (AvgIpc) is 2.43. The second kappa shape index (κ2) is 6.32. The summed E-state index contributed by atoms with van der Waals surface area (Å²) >= 11 is 0. The van der Waals surface area contributed by atoms with Crippen molar-refractivity contribution in [3.05, 3.63) is 35.1 Å². The average molecular weight is 304 g/mol. The van der Waals surface area contributed by atoms with E-state index in [1.807, 2.05) is 6.92 Å². The van der Waals surface area contributed by atoms with Crippen LogP contribution in [0.5, 0.6) is 0 Å². The Morgan fingerprint density at radius 1 is 1.19 bits per heavy atom. The predicted molar refractivity (Wildman–Crippen MR) is 72.7 cm³/mol. The van der Waals surface area contributed by atoms with E-state index in [-0.39, 0.29) is 30.6 Å². The van der Waals surface area contributed by atoms with Gasteiger partial charge in [-0.15, -0.1) is 0 Å². The molecule has 0 radical (unpaired) electrons. The molecule has 1 saturated carbocycles. The van der Waals surface area contributed by atoms with Crippen LogP contribution in [0.15, 0.2) is 18.2 Å². The number of benzene rings is 1. The van der Waals surface area contributed by atoms with Gasteiger partial charge in [0.2, 0.25) is 0 Å². The Hall–Kier alpha value is -1.14. The molecule has 1 fully saturated rings. The second-order valence-corrected chi connectivity index (χ2v) is 5.80. The van der Waals surface area contributed by atoms with Crippen molar-refractivity contribution in [3.63, 3.8) is 0 Å². The number of alkyl halides is 3. The molecule has 3 N–H and O–H groups in total. The van der Waals surface area contributed by atoms with E-state index in [4.69, 9.17) is 5.84 Å². The number of halogens is 4. The first-order valence-corrected chi connectivity index (χ1v) is 7.11. The fourth-order valence-electron chi connectivity index (χ4n) is 3.21. The zero-order valence-corrected chi connectivity index (χ0v) is 11.9. The molecule has 0 spiro atoms. The standard InChI is InChI=1S/C15H20F4N2/c1-9-2-7-12(16)8-13(9)14(21-20)10-3-5-11(6-4-10)15(17,18)19/h2,7-8,10-11,14,21H,3-6,20H2,1H3. The summed E-state index contributed by atoms with van der Waals surface area (Å²) in [6.07, 6.45) is -3.02. The minimum atomic E-state index is -4.12. The van der Waals surface area contributed by atoms with Crippen molar-refractivity contribution >= 4 is 0 Å². The molecule has 0 heterocycles.